The number of piperazine rings is 1. The molecule has 0 N–H and O–H groups in total. The lowest BCUT2D eigenvalue weighted by Crippen LogP contribution is -2.49. The van der Waals surface area contributed by atoms with E-state index in [1.54, 1.807) is 42.7 Å². The molecule has 8 nitrogen and oxygen atoms in total. The molecule has 1 amide bonds. The van der Waals surface area contributed by atoms with Crippen LogP contribution in [0.15, 0.2) is 41.4 Å². The number of carbonyl (C=O) groups excluding carboxylic acids is 1. The Hall–Kier alpha value is -2.86. The Labute approximate surface area is 208 Å². The van der Waals surface area contributed by atoms with E-state index in [9.17, 15) is 26.4 Å². The molecule has 0 unspecified atom stereocenters. The van der Waals surface area contributed by atoms with Gasteiger partial charge in [0.25, 0.3) is 0 Å². The smallest absolute Gasteiger partial charge is 0.416 e. The van der Waals surface area contributed by atoms with Crippen LogP contribution in [0.25, 0.3) is 0 Å². The van der Waals surface area contributed by atoms with Crippen LogP contribution in [-0.2, 0) is 33.9 Å². The largest absolute Gasteiger partial charge is 0.444 e. The van der Waals surface area contributed by atoms with Gasteiger partial charge in [-0.1, -0.05) is 6.07 Å². The van der Waals surface area contributed by atoms with Crippen molar-refractivity contribution in [2.45, 2.75) is 50.4 Å². The summed E-state index contributed by atoms with van der Waals surface area (Å²) in [5.74, 6) is 0.171. The van der Waals surface area contributed by atoms with E-state index in [0.29, 0.717) is 19.5 Å². The quantitative estimate of drug-likeness (QED) is 0.603. The highest BCUT2D eigenvalue weighted by Crippen LogP contribution is 2.31. The maximum absolute atomic E-state index is 13.3. The molecule has 1 aromatic heterocycles. The molecule has 3 heterocycles. The van der Waals surface area contributed by atoms with Gasteiger partial charge in [-0.2, -0.15) is 17.5 Å². The molecular formula is C24H29F3N4O4S. The number of anilines is 1. The molecule has 4 rings (SSSR count). The summed E-state index contributed by atoms with van der Waals surface area (Å²) in [6.07, 6.45) is -3.26. The first kappa shape index (κ1) is 26.2. The number of nitrogens with zero attached hydrogens (tertiary/aromatic N) is 4. The minimum Gasteiger partial charge on any atom is -0.444 e. The number of alkyl halides is 3. The van der Waals surface area contributed by atoms with Gasteiger partial charge in [0.05, 0.1) is 10.5 Å². The molecule has 36 heavy (non-hydrogen) atoms. The molecule has 1 fully saturated rings. The second-order valence-corrected chi connectivity index (χ2v) is 11.8. The standard InChI is InChI=1S/C24H29F3N4O4S/c1-23(2,3)35-22(32)30-9-7-17-14-20(5-4-18(17)16-30)36(33,34)31-12-10-29(11-13-31)21-15-19(6-8-28-21)24(25,26)27/h4-6,8,14-15H,7,9-13,16H2,1-3H3. The Kier molecular flexibility index (Phi) is 6.95. The Bertz CT molecular complexity index is 1240. The molecule has 196 valence electrons. The number of hydrogen-bond donors (Lipinski definition) is 0. The predicted octanol–water partition coefficient (Wildman–Crippen LogP) is 3.90. The maximum atomic E-state index is 13.3. The fourth-order valence-electron chi connectivity index (χ4n) is 4.25. The van der Waals surface area contributed by atoms with Gasteiger partial charge in [-0.05, 0) is 62.6 Å². The molecule has 1 aromatic carbocycles. The Morgan fingerprint density at radius 3 is 2.31 bits per heavy atom. The number of sulfonamides is 1. The summed E-state index contributed by atoms with van der Waals surface area (Å²) in [7, 11) is -3.79. The van der Waals surface area contributed by atoms with Crippen molar-refractivity contribution in [1.82, 2.24) is 14.2 Å². The molecule has 1 saturated heterocycles. The lowest BCUT2D eigenvalue weighted by Gasteiger charge is -2.35. The highest BCUT2D eigenvalue weighted by molar-refractivity contribution is 7.89. The van der Waals surface area contributed by atoms with Crippen LogP contribution in [-0.4, -0.2) is 67.0 Å². The third-order valence-corrected chi connectivity index (χ3v) is 8.01. The average molecular weight is 527 g/mol. The van der Waals surface area contributed by atoms with Crippen molar-refractivity contribution in [2.75, 3.05) is 37.6 Å². The molecule has 2 aliphatic heterocycles. The number of carbonyl (C=O) groups is 1. The van der Waals surface area contributed by atoms with Crippen molar-refractivity contribution in [3.8, 4) is 0 Å². The fourth-order valence-corrected chi connectivity index (χ4v) is 5.72. The molecule has 12 heteroatoms. The zero-order valence-corrected chi connectivity index (χ0v) is 21.2. The topological polar surface area (TPSA) is 83.0 Å². The summed E-state index contributed by atoms with van der Waals surface area (Å²) in [6.45, 7) is 6.88. The first-order valence-electron chi connectivity index (χ1n) is 11.6. The second-order valence-electron chi connectivity index (χ2n) is 9.87. The van der Waals surface area contributed by atoms with Crippen molar-refractivity contribution in [3.05, 3.63) is 53.2 Å². The minimum absolute atomic E-state index is 0.129. The molecule has 2 aliphatic rings. The third-order valence-electron chi connectivity index (χ3n) is 6.11. The van der Waals surface area contributed by atoms with Crippen molar-refractivity contribution < 1.29 is 31.1 Å². The van der Waals surface area contributed by atoms with E-state index in [2.05, 4.69) is 4.98 Å². The Morgan fingerprint density at radius 2 is 1.67 bits per heavy atom. The van der Waals surface area contributed by atoms with Crippen LogP contribution in [0.5, 0.6) is 0 Å². The summed E-state index contributed by atoms with van der Waals surface area (Å²) >= 11 is 0. The number of pyridine rings is 1. The highest BCUT2D eigenvalue weighted by Gasteiger charge is 2.33. The van der Waals surface area contributed by atoms with Crippen LogP contribution in [0.2, 0.25) is 0 Å². The van der Waals surface area contributed by atoms with Crippen LogP contribution in [0.4, 0.5) is 23.8 Å². The van der Waals surface area contributed by atoms with Gasteiger partial charge in [0.1, 0.15) is 11.4 Å². The van der Waals surface area contributed by atoms with Crippen molar-refractivity contribution in [2.24, 2.45) is 0 Å². The zero-order chi connectivity index (χ0) is 26.3. The van der Waals surface area contributed by atoms with Gasteiger partial charge in [-0.3, -0.25) is 0 Å². The number of aromatic nitrogens is 1. The number of fused-ring (bicyclic) bond motifs is 1. The third kappa shape index (κ3) is 5.75. The predicted molar refractivity (Wildman–Crippen MR) is 127 cm³/mol. The number of halogens is 3. The van der Waals surface area contributed by atoms with E-state index < -0.39 is 33.5 Å². The molecule has 2 aromatic rings. The molecule has 0 spiro atoms. The highest BCUT2D eigenvalue weighted by atomic mass is 32.2. The fraction of sp³-hybridized carbons (Fsp3) is 0.500. The van der Waals surface area contributed by atoms with Gasteiger partial charge < -0.3 is 14.5 Å². The lowest BCUT2D eigenvalue weighted by atomic mass is 10.0. The summed E-state index contributed by atoms with van der Waals surface area (Å²) in [4.78, 5) is 19.8. The van der Waals surface area contributed by atoms with Gasteiger partial charge >= 0.3 is 12.3 Å². The SMILES string of the molecule is CC(C)(C)OC(=O)N1CCc2cc(S(=O)(=O)N3CCN(c4cc(C(F)(F)F)ccn4)CC3)ccc2C1. The van der Waals surface area contributed by atoms with Gasteiger partial charge in [0.15, 0.2) is 0 Å². The summed E-state index contributed by atoms with van der Waals surface area (Å²) in [6, 6.07) is 6.80. The lowest BCUT2D eigenvalue weighted by molar-refractivity contribution is -0.137. The van der Waals surface area contributed by atoms with Crippen LogP contribution in [0.1, 0.15) is 37.5 Å². The first-order chi connectivity index (χ1) is 16.7. The molecule has 0 saturated carbocycles. The van der Waals surface area contributed by atoms with Crippen LogP contribution in [0.3, 0.4) is 0 Å². The summed E-state index contributed by atoms with van der Waals surface area (Å²) in [5, 5.41) is 0. The molecular weight excluding hydrogens is 497 g/mol. The van der Waals surface area contributed by atoms with E-state index in [-0.39, 0.29) is 36.9 Å². The van der Waals surface area contributed by atoms with Crippen LogP contribution >= 0.6 is 0 Å². The van der Waals surface area contributed by atoms with E-state index in [0.717, 1.165) is 29.5 Å². The van der Waals surface area contributed by atoms with Gasteiger partial charge in [-0.25, -0.2) is 18.2 Å². The maximum Gasteiger partial charge on any atom is 0.416 e. The second kappa shape index (κ2) is 9.55. The average Bonchev–Trinajstić information content (AvgIpc) is 2.82. The number of ether oxygens (including phenoxy) is 1. The molecule has 0 bridgehead atoms. The number of amides is 1. The first-order valence-corrected chi connectivity index (χ1v) is 13.1. The van der Waals surface area contributed by atoms with E-state index in [1.165, 1.54) is 10.4 Å². The van der Waals surface area contributed by atoms with Crippen LogP contribution in [0, 0.1) is 0 Å². The normalized spacial score (nSPS) is 17.6. The van der Waals surface area contributed by atoms with E-state index >= 15 is 0 Å². The zero-order valence-electron chi connectivity index (χ0n) is 20.4. The summed E-state index contributed by atoms with van der Waals surface area (Å²) < 4.78 is 72.4. The number of hydrogen-bond acceptors (Lipinski definition) is 6. The van der Waals surface area contributed by atoms with Crippen molar-refractivity contribution in [1.29, 1.82) is 0 Å². The minimum atomic E-state index is -4.47. The monoisotopic (exact) mass is 526 g/mol. The Morgan fingerprint density at radius 1 is 0.972 bits per heavy atom. The van der Waals surface area contributed by atoms with Crippen molar-refractivity contribution >= 4 is 21.9 Å². The van der Waals surface area contributed by atoms with Gasteiger partial charge in [0, 0.05) is 45.5 Å². The van der Waals surface area contributed by atoms with E-state index in [1.807, 2.05) is 0 Å². The number of benzene rings is 1. The van der Waals surface area contributed by atoms with Crippen molar-refractivity contribution in [3.63, 3.8) is 0 Å². The summed E-state index contributed by atoms with van der Waals surface area (Å²) in [5.41, 5.74) is 0.340. The van der Waals surface area contributed by atoms with Gasteiger partial charge in [-0.15, -0.1) is 0 Å². The Balaban J connectivity index is 1.42. The van der Waals surface area contributed by atoms with Gasteiger partial charge in [0.2, 0.25) is 10.0 Å². The number of rotatable bonds is 3. The molecule has 0 radical (unpaired) electrons. The molecule has 0 atom stereocenters. The van der Waals surface area contributed by atoms with Crippen LogP contribution < -0.4 is 4.90 Å². The van der Waals surface area contributed by atoms with E-state index in [4.69, 9.17) is 4.74 Å². The molecule has 0 aliphatic carbocycles.